The van der Waals surface area contributed by atoms with Gasteiger partial charge in [-0.1, -0.05) is 42.3 Å². The normalized spacial score (nSPS) is 12.4. The maximum atomic E-state index is 13.5. The molecule has 1 atom stereocenters. The molecular weight excluding hydrogens is 308 g/mol. The van der Waals surface area contributed by atoms with Gasteiger partial charge in [-0.15, -0.1) is 0 Å². The fourth-order valence-electron chi connectivity index (χ4n) is 2.40. The average molecular weight is 326 g/mol. The van der Waals surface area contributed by atoms with Crippen LogP contribution in [-0.4, -0.2) is 6.54 Å². The molecule has 0 radical (unpaired) electrons. The molecule has 1 N–H and O–H groups in total. The first-order valence-electron chi connectivity index (χ1n) is 6.94. The van der Waals surface area contributed by atoms with E-state index in [1.165, 1.54) is 6.07 Å². The Morgan fingerprint density at radius 3 is 2.57 bits per heavy atom. The second kappa shape index (κ2) is 7.26. The molecular formula is C17H18Cl2FN. The van der Waals surface area contributed by atoms with Crippen LogP contribution in [0.5, 0.6) is 0 Å². The van der Waals surface area contributed by atoms with E-state index in [0.717, 1.165) is 23.2 Å². The Morgan fingerprint density at radius 2 is 1.90 bits per heavy atom. The fourth-order valence-corrected chi connectivity index (χ4v) is 2.94. The Labute approximate surface area is 135 Å². The summed E-state index contributed by atoms with van der Waals surface area (Å²) in [6, 6.07) is 10.4. The lowest BCUT2D eigenvalue weighted by atomic mass is 9.96. The van der Waals surface area contributed by atoms with Crippen molar-refractivity contribution in [2.45, 2.75) is 26.3 Å². The summed E-state index contributed by atoms with van der Waals surface area (Å²) in [6.07, 6.45) is 0.679. The molecule has 1 nitrogen and oxygen atoms in total. The quantitative estimate of drug-likeness (QED) is 0.782. The number of hydrogen-bond acceptors (Lipinski definition) is 1. The maximum Gasteiger partial charge on any atom is 0.123 e. The van der Waals surface area contributed by atoms with Gasteiger partial charge in [0.2, 0.25) is 0 Å². The zero-order chi connectivity index (χ0) is 15.4. The number of aryl methyl sites for hydroxylation is 1. The lowest BCUT2D eigenvalue weighted by Crippen LogP contribution is -2.23. The molecule has 0 aliphatic heterocycles. The maximum absolute atomic E-state index is 13.5. The van der Waals surface area contributed by atoms with Gasteiger partial charge in [-0.25, -0.2) is 4.39 Å². The molecule has 21 heavy (non-hydrogen) atoms. The smallest absolute Gasteiger partial charge is 0.123 e. The molecule has 0 heterocycles. The summed E-state index contributed by atoms with van der Waals surface area (Å²) in [7, 11) is 0. The number of halogens is 3. The van der Waals surface area contributed by atoms with E-state index < -0.39 is 0 Å². The van der Waals surface area contributed by atoms with Gasteiger partial charge in [-0.05, 0) is 60.8 Å². The fraction of sp³-hybridized carbons (Fsp3) is 0.294. The number of hydrogen-bond donors (Lipinski definition) is 1. The van der Waals surface area contributed by atoms with E-state index in [9.17, 15) is 4.39 Å². The molecule has 1 unspecified atom stereocenters. The molecule has 2 rings (SSSR count). The molecule has 0 spiro atoms. The van der Waals surface area contributed by atoms with E-state index in [-0.39, 0.29) is 11.9 Å². The van der Waals surface area contributed by atoms with E-state index in [1.54, 1.807) is 18.2 Å². The molecule has 112 valence electrons. The molecule has 0 amide bonds. The summed E-state index contributed by atoms with van der Waals surface area (Å²) in [5.74, 6) is -0.215. The third-order valence-corrected chi connectivity index (χ3v) is 4.09. The first-order valence-corrected chi connectivity index (χ1v) is 7.70. The van der Waals surface area contributed by atoms with E-state index in [0.29, 0.717) is 16.5 Å². The van der Waals surface area contributed by atoms with Gasteiger partial charge in [0.25, 0.3) is 0 Å². The van der Waals surface area contributed by atoms with Gasteiger partial charge in [-0.3, -0.25) is 0 Å². The first kappa shape index (κ1) is 16.3. The molecule has 0 fully saturated rings. The Kier molecular flexibility index (Phi) is 5.63. The molecule has 0 saturated heterocycles. The number of likely N-dealkylation sites (N-methyl/N-ethyl adjacent to an activating group) is 1. The molecule has 0 aliphatic rings. The Hall–Kier alpha value is -1.09. The number of benzene rings is 2. The highest BCUT2D eigenvalue weighted by Gasteiger charge is 2.16. The van der Waals surface area contributed by atoms with Crippen LogP contribution in [-0.2, 0) is 6.42 Å². The number of nitrogens with one attached hydrogen (secondary N) is 1. The molecule has 0 aromatic heterocycles. The lowest BCUT2D eigenvalue weighted by molar-refractivity contribution is 0.545. The van der Waals surface area contributed by atoms with Crippen LogP contribution >= 0.6 is 23.2 Å². The van der Waals surface area contributed by atoms with Crippen molar-refractivity contribution in [3.63, 3.8) is 0 Å². The highest BCUT2D eigenvalue weighted by atomic mass is 35.5. The Morgan fingerprint density at radius 1 is 1.14 bits per heavy atom. The van der Waals surface area contributed by atoms with Crippen LogP contribution in [0.25, 0.3) is 0 Å². The third-order valence-electron chi connectivity index (χ3n) is 3.52. The van der Waals surface area contributed by atoms with Gasteiger partial charge in [-0.2, -0.15) is 0 Å². The van der Waals surface area contributed by atoms with Crippen LogP contribution < -0.4 is 5.32 Å². The number of rotatable bonds is 5. The molecule has 0 aliphatic carbocycles. The topological polar surface area (TPSA) is 12.0 Å². The van der Waals surface area contributed by atoms with Crippen LogP contribution in [0.2, 0.25) is 10.0 Å². The third kappa shape index (κ3) is 4.19. The van der Waals surface area contributed by atoms with Crippen LogP contribution in [0, 0.1) is 12.7 Å². The zero-order valence-corrected chi connectivity index (χ0v) is 13.6. The minimum absolute atomic E-state index is 0.0280. The summed E-state index contributed by atoms with van der Waals surface area (Å²) < 4.78 is 13.5. The minimum atomic E-state index is -0.215. The lowest BCUT2D eigenvalue weighted by Gasteiger charge is -2.21. The van der Waals surface area contributed by atoms with Crippen LogP contribution in [0.15, 0.2) is 36.4 Å². The SMILES string of the molecule is CCNC(Cc1cc(F)ccc1C)c1ccc(Cl)cc1Cl. The summed E-state index contributed by atoms with van der Waals surface area (Å²) in [4.78, 5) is 0. The zero-order valence-electron chi connectivity index (χ0n) is 12.1. The largest absolute Gasteiger partial charge is 0.310 e. The molecule has 2 aromatic rings. The standard InChI is InChI=1S/C17H18Cl2FN/c1-3-21-17(15-7-5-13(18)10-16(15)19)9-12-8-14(20)6-4-11(12)2/h4-8,10,17,21H,3,9H2,1-2H3. The predicted octanol–water partition coefficient (Wildman–Crippen LogP) is 5.33. The van der Waals surface area contributed by atoms with Crippen molar-refractivity contribution in [3.8, 4) is 0 Å². The van der Waals surface area contributed by atoms with Crippen LogP contribution in [0.1, 0.15) is 29.7 Å². The van der Waals surface area contributed by atoms with Crippen molar-refractivity contribution in [2.75, 3.05) is 6.54 Å². The van der Waals surface area contributed by atoms with Gasteiger partial charge >= 0.3 is 0 Å². The summed E-state index contributed by atoms with van der Waals surface area (Å²) in [5, 5.41) is 4.64. The van der Waals surface area contributed by atoms with Crippen LogP contribution in [0.4, 0.5) is 4.39 Å². The summed E-state index contributed by atoms with van der Waals surface area (Å²) in [6.45, 7) is 4.83. The van der Waals surface area contributed by atoms with Crippen molar-refractivity contribution in [3.05, 3.63) is 69.0 Å². The molecule has 2 aromatic carbocycles. The molecule has 4 heteroatoms. The van der Waals surface area contributed by atoms with Gasteiger partial charge in [0.05, 0.1) is 0 Å². The second-order valence-electron chi connectivity index (χ2n) is 5.05. The van der Waals surface area contributed by atoms with Crippen molar-refractivity contribution >= 4 is 23.2 Å². The second-order valence-corrected chi connectivity index (χ2v) is 5.89. The Balaban J connectivity index is 2.32. The van der Waals surface area contributed by atoms with Crippen molar-refractivity contribution in [1.29, 1.82) is 0 Å². The van der Waals surface area contributed by atoms with E-state index >= 15 is 0 Å². The summed E-state index contributed by atoms with van der Waals surface area (Å²) >= 11 is 12.2. The minimum Gasteiger partial charge on any atom is -0.310 e. The van der Waals surface area contributed by atoms with E-state index in [4.69, 9.17) is 23.2 Å². The first-order chi connectivity index (χ1) is 10.0. The van der Waals surface area contributed by atoms with Crippen LogP contribution in [0.3, 0.4) is 0 Å². The van der Waals surface area contributed by atoms with Gasteiger partial charge < -0.3 is 5.32 Å². The Bertz CT molecular complexity index is 628. The van der Waals surface area contributed by atoms with E-state index in [2.05, 4.69) is 5.32 Å². The highest BCUT2D eigenvalue weighted by molar-refractivity contribution is 6.35. The molecule has 0 saturated carbocycles. The van der Waals surface area contributed by atoms with Crippen molar-refractivity contribution < 1.29 is 4.39 Å². The van der Waals surface area contributed by atoms with Gasteiger partial charge in [0, 0.05) is 16.1 Å². The predicted molar refractivity (Wildman–Crippen MR) is 87.7 cm³/mol. The van der Waals surface area contributed by atoms with E-state index in [1.807, 2.05) is 26.0 Å². The molecule has 0 bridgehead atoms. The van der Waals surface area contributed by atoms with Crippen molar-refractivity contribution in [1.82, 2.24) is 5.32 Å². The van der Waals surface area contributed by atoms with Gasteiger partial charge in [0.15, 0.2) is 0 Å². The highest BCUT2D eigenvalue weighted by Crippen LogP contribution is 2.29. The van der Waals surface area contributed by atoms with Crippen molar-refractivity contribution in [2.24, 2.45) is 0 Å². The summed E-state index contributed by atoms with van der Waals surface area (Å²) in [5.41, 5.74) is 3.03. The average Bonchev–Trinajstić information content (AvgIpc) is 2.42. The monoisotopic (exact) mass is 325 g/mol. The van der Waals surface area contributed by atoms with Gasteiger partial charge in [0.1, 0.15) is 5.82 Å².